The average Bonchev–Trinajstić information content (AvgIpc) is 3.62. The van der Waals surface area contributed by atoms with Gasteiger partial charge in [-0.2, -0.15) is 0 Å². The molecule has 2 aliphatic heterocycles. The summed E-state index contributed by atoms with van der Waals surface area (Å²) in [6.45, 7) is 9.18. The minimum atomic E-state index is -0.921. The van der Waals surface area contributed by atoms with Gasteiger partial charge in [-0.3, -0.25) is 24.1 Å². The molecule has 0 radical (unpaired) electrons. The number of esters is 1. The Balaban J connectivity index is 0.000000338. The van der Waals surface area contributed by atoms with Crippen molar-refractivity contribution in [1.29, 1.82) is 0 Å². The molecule has 2 heterocycles. The number of ether oxygens (including phenoxy) is 1. The van der Waals surface area contributed by atoms with Crippen molar-refractivity contribution in [2.75, 3.05) is 69.5 Å². The van der Waals surface area contributed by atoms with Gasteiger partial charge < -0.3 is 35.4 Å². The summed E-state index contributed by atoms with van der Waals surface area (Å²) in [5, 5.41) is 24.4. The molecule has 3 aromatic rings. The van der Waals surface area contributed by atoms with Gasteiger partial charge >= 0.3 is 17.9 Å². The molecule has 1 saturated carbocycles. The fraction of sp³-hybridized carbons (Fsp3) is 0.390. The van der Waals surface area contributed by atoms with Gasteiger partial charge in [0.1, 0.15) is 0 Å². The summed E-state index contributed by atoms with van der Waals surface area (Å²) in [6, 6.07) is 22.2. The fourth-order valence-electron chi connectivity index (χ4n) is 7.22. The predicted octanol–water partition coefficient (Wildman–Crippen LogP) is 5.21. The molecule has 2 atom stereocenters. The third-order valence-electron chi connectivity index (χ3n) is 11.3. The Kier molecular flexibility index (Phi) is 11.9. The average molecular weight is 740 g/mol. The Bertz CT molecular complexity index is 1940. The lowest BCUT2D eigenvalue weighted by molar-refractivity contribution is -0.157. The minimum Gasteiger partial charge on any atom is -0.481 e. The second-order valence-corrected chi connectivity index (χ2v) is 14.8. The number of benzene rings is 3. The van der Waals surface area contributed by atoms with Gasteiger partial charge in [-0.05, 0) is 74.2 Å². The molecule has 0 aromatic heterocycles. The van der Waals surface area contributed by atoms with Crippen molar-refractivity contribution >= 4 is 58.1 Å². The van der Waals surface area contributed by atoms with E-state index < -0.39 is 34.7 Å². The molecule has 0 bridgehead atoms. The maximum absolute atomic E-state index is 13.2. The van der Waals surface area contributed by atoms with Crippen LogP contribution in [0.3, 0.4) is 0 Å². The molecule has 2 unspecified atom stereocenters. The van der Waals surface area contributed by atoms with Crippen LogP contribution in [0.4, 0.5) is 17.1 Å². The molecule has 0 spiro atoms. The number of nitrogens with zero attached hydrogens (tertiary/aromatic N) is 3. The summed E-state index contributed by atoms with van der Waals surface area (Å²) >= 11 is 0. The van der Waals surface area contributed by atoms with Crippen LogP contribution in [0.25, 0.3) is 11.3 Å². The molecule has 13 heteroatoms. The van der Waals surface area contributed by atoms with Gasteiger partial charge in [-0.1, -0.05) is 50.2 Å². The molecule has 1 aliphatic carbocycles. The third-order valence-corrected chi connectivity index (χ3v) is 11.3. The second-order valence-electron chi connectivity index (χ2n) is 14.8. The minimum absolute atomic E-state index is 0.0444. The SMILES string of the molecule is CC1(C(=O)O)CCC(C(=O)O)C1(C)C.COC(=O)c1ccc2c(c1)NC(=O)/C2=C(\Nc1ccc(N(C)C(=O)CN2CCN(C)CC2)cc1)c1ccccc1. The largest absolute Gasteiger partial charge is 0.481 e. The zero-order valence-corrected chi connectivity index (χ0v) is 31.6. The molecule has 13 nitrogen and oxygen atoms in total. The third kappa shape index (κ3) is 8.17. The van der Waals surface area contributed by atoms with Crippen molar-refractivity contribution in [2.45, 2.75) is 33.6 Å². The summed E-state index contributed by atoms with van der Waals surface area (Å²) in [7, 11) is 5.21. The van der Waals surface area contributed by atoms with Crippen molar-refractivity contribution < 1.29 is 38.9 Å². The first-order valence-corrected chi connectivity index (χ1v) is 17.9. The number of anilines is 3. The molecular weight excluding hydrogens is 690 g/mol. The number of carboxylic acid groups (broad SMARTS) is 2. The van der Waals surface area contributed by atoms with Gasteiger partial charge in [0.15, 0.2) is 0 Å². The number of rotatable bonds is 9. The van der Waals surface area contributed by atoms with Crippen molar-refractivity contribution in [3.8, 4) is 0 Å². The molecule has 4 N–H and O–H groups in total. The van der Waals surface area contributed by atoms with E-state index in [0.717, 1.165) is 43.1 Å². The van der Waals surface area contributed by atoms with Gasteiger partial charge in [0.25, 0.3) is 5.91 Å². The van der Waals surface area contributed by atoms with E-state index in [1.54, 1.807) is 50.9 Å². The summed E-state index contributed by atoms with van der Waals surface area (Å²) < 4.78 is 4.82. The predicted molar refractivity (Wildman–Crippen MR) is 207 cm³/mol. The molecule has 2 fully saturated rings. The number of likely N-dealkylation sites (N-methyl/N-ethyl adjacent to an activating group) is 2. The monoisotopic (exact) mass is 739 g/mol. The lowest BCUT2D eigenvalue weighted by atomic mass is 9.66. The number of methoxy groups -OCH3 is 1. The molecule has 6 rings (SSSR count). The number of fused-ring (bicyclic) bond motifs is 1. The van der Waals surface area contributed by atoms with Crippen LogP contribution >= 0.6 is 0 Å². The number of carboxylic acids is 2. The quantitative estimate of drug-likeness (QED) is 0.168. The van der Waals surface area contributed by atoms with Crippen molar-refractivity contribution in [3.05, 3.63) is 89.5 Å². The van der Waals surface area contributed by atoms with Crippen LogP contribution in [0, 0.1) is 16.7 Å². The van der Waals surface area contributed by atoms with Crippen LogP contribution in [-0.4, -0.2) is 104 Å². The Hall–Kier alpha value is -5.53. The lowest BCUT2D eigenvalue weighted by Gasteiger charge is -2.36. The highest BCUT2D eigenvalue weighted by atomic mass is 16.5. The van der Waals surface area contributed by atoms with Crippen molar-refractivity contribution in [2.24, 2.45) is 16.7 Å². The van der Waals surface area contributed by atoms with Crippen LogP contribution in [0.1, 0.15) is 55.1 Å². The van der Waals surface area contributed by atoms with Crippen molar-refractivity contribution in [3.63, 3.8) is 0 Å². The molecular formula is C41H49N5O8. The highest BCUT2D eigenvalue weighted by molar-refractivity contribution is 6.37. The van der Waals surface area contributed by atoms with E-state index in [1.165, 1.54) is 7.11 Å². The number of carbonyl (C=O) groups excluding carboxylic acids is 3. The highest BCUT2D eigenvalue weighted by Gasteiger charge is 2.58. The van der Waals surface area contributed by atoms with Crippen LogP contribution in [0.2, 0.25) is 0 Å². The van der Waals surface area contributed by atoms with Crippen LogP contribution in [-0.2, 0) is 23.9 Å². The summed E-state index contributed by atoms with van der Waals surface area (Å²) in [5.74, 6) is -3.03. The Labute approximate surface area is 315 Å². The normalized spacial score (nSPS) is 21.5. The molecule has 54 heavy (non-hydrogen) atoms. The number of hydrogen-bond donors (Lipinski definition) is 4. The summed E-state index contributed by atoms with van der Waals surface area (Å²) in [5.41, 5.74) is 3.49. The maximum atomic E-state index is 13.2. The maximum Gasteiger partial charge on any atom is 0.337 e. The van der Waals surface area contributed by atoms with E-state index >= 15 is 0 Å². The van der Waals surface area contributed by atoms with Gasteiger partial charge in [-0.25, -0.2) is 4.79 Å². The van der Waals surface area contributed by atoms with Gasteiger partial charge in [0.2, 0.25) is 5.91 Å². The summed E-state index contributed by atoms with van der Waals surface area (Å²) in [6.07, 6.45) is 0.886. The van der Waals surface area contributed by atoms with Gasteiger partial charge in [-0.15, -0.1) is 0 Å². The zero-order chi connectivity index (χ0) is 39.4. The molecule has 286 valence electrons. The van der Waals surface area contributed by atoms with E-state index in [2.05, 4.69) is 27.5 Å². The number of aliphatic carboxylic acids is 2. The smallest absolute Gasteiger partial charge is 0.337 e. The summed E-state index contributed by atoms with van der Waals surface area (Å²) in [4.78, 5) is 66.3. The van der Waals surface area contributed by atoms with Crippen LogP contribution < -0.4 is 15.5 Å². The number of carbonyl (C=O) groups is 5. The first kappa shape index (κ1) is 39.7. The first-order valence-electron chi connectivity index (χ1n) is 17.9. The lowest BCUT2D eigenvalue weighted by Crippen LogP contribution is -2.48. The van der Waals surface area contributed by atoms with Gasteiger partial charge in [0.05, 0.1) is 47.5 Å². The standard InChI is InChI=1S/C31H33N5O4.C10H16O4/c1-34-15-17-36(18-16-34)20-27(37)35(2)24-12-10-23(11-13-24)32-29(21-7-5-4-6-8-21)28-25-14-9-22(31(39)40-3)19-26(25)33-30(28)38;1-9(2)6(7(11)12)4-5-10(9,3)8(13)14/h4-14,19,32H,15-18,20H2,1-3H3,(H,33,38);6H,4-5H2,1-3H3,(H,11,12)(H,13,14)/b29-28-;. The van der Waals surface area contributed by atoms with E-state index in [-0.39, 0.29) is 11.8 Å². The van der Waals surface area contributed by atoms with Crippen LogP contribution in [0.15, 0.2) is 72.8 Å². The number of amides is 2. The number of nitrogens with one attached hydrogen (secondary N) is 2. The Morgan fingerprint density at radius 3 is 2.13 bits per heavy atom. The molecule has 2 amide bonds. The first-order chi connectivity index (χ1) is 25.6. The Morgan fingerprint density at radius 1 is 0.926 bits per heavy atom. The molecule has 3 aliphatic rings. The van der Waals surface area contributed by atoms with Crippen molar-refractivity contribution in [1.82, 2.24) is 9.80 Å². The van der Waals surface area contributed by atoms with E-state index in [0.29, 0.717) is 47.5 Å². The van der Waals surface area contributed by atoms with E-state index in [9.17, 15) is 24.0 Å². The fourth-order valence-corrected chi connectivity index (χ4v) is 7.22. The van der Waals surface area contributed by atoms with E-state index in [4.69, 9.17) is 14.9 Å². The zero-order valence-electron chi connectivity index (χ0n) is 31.6. The second kappa shape index (κ2) is 16.2. The Morgan fingerprint density at radius 2 is 1.57 bits per heavy atom. The number of piperazine rings is 1. The van der Waals surface area contributed by atoms with E-state index in [1.807, 2.05) is 54.6 Å². The van der Waals surface area contributed by atoms with Gasteiger partial charge in [0, 0.05) is 50.2 Å². The molecule has 1 saturated heterocycles. The highest BCUT2D eigenvalue weighted by Crippen LogP contribution is 2.56. The number of hydrogen-bond acceptors (Lipinski definition) is 9. The topological polar surface area (TPSA) is 169 Å². The molecule has 3 aromatic carbocycles. The van der Waals surface area contributed by atoms with Crippen LogP contribution in [0.5, 0.6) is 0 Å².